The van der Waals surface area contributed by atoms with E-state index in [0.717, 1.165) is 17.1 Å². The molecule has 0 saturated carbocycles. The van der Waals surface area contributed by atoms with Crippen LogP contribution in [0.5, 0.6) is 11.5 Å². The van der Waals surface area contributed by atoms with Crippen LogP contribution in [0.2, 0.25) is 0 Å². The van der Waals surface area contributed by atoms with Crippen LogP contribution in [0.15, 0.2) is 18.2 Å². The van der Waals surface area contributed by atoms with E-state index < -0.39 is 0 Å². The normalized spacial score (nSPS) is 12.0. The lowest BCUT2D eigenvalue weighted by atomic mass is 10.2. The van der Waals surface area contributed by atoms with Crippen LogP contribution in [-0.2, 0) is 11.3 Å². The Labute approximate surface area is 129 Å². The average molecular weight is 309 g/mol. The molecule has 0 radical (unpaired) electrons. The van der Waals surface area contributed by atoms with Crippen molar-refractivity contribution in [2.24, 2.45) is 0 Å². The first kappa shape index (κ1) is 15.4. The Balaban J connectivity index is 1.85. The van der Waals surface area contributed by atoms with Gasteiger partial charge in [-0.05, 0) is 29.9 Å². The maximum Gasteiger partial charge on any atom is 0.241 e. The molecule has 1 amide bonds. The van der Waals surface area contributed by atoms with Crippen molar-refractivity contribution in [2.45, 2.75) is 6.54 Å². The molecule has 0 spiro atoms. The van der Waals surface area contributed by atoms with Crippen molar-refractivity contribution in [2.75, 3.05) is 34.5 Å². The molecule has 2 rings (SSSR count). The van der Waals surface area contributed by atoms with Gasteiger partial charge in [-0.1, -0.05) is 6.07 Å². The molecule has 0 aliphatic carbocycles. The number of carbonyl (C=O) groups excluding carboxylic acids is 1. The molecule has 1 N–H and O–H groups in total. The van der Waals surface area contributed by atoms with E-state index >= 15 is 0 Å². The highest BCUT2D eigenvalue weighted by Gasteiger charge is 2.14. The number of likely N-dealkylation sites (N-methyl/N-ethyl adjacent to an activating group) is 2. The van der Waals surface area contributed by atoms with Gasteiger partial charge in [0, 0.05) is 27.7 Å². The Morgan fingerprint density at radius 3 is 2.71 bits per heavy atom. The molecule has 1 aliphatic rings. The number of amides is 1. The van der Waals surface area contributed by atoms with E-state index in [2.05, 4.69) is 5.32 Å². The van der Waals surface area contributed by atoms with Crippen LogP contribution in [0.1, 0.15) is 5.56 Å². The lowest BCUT2D eigenvalue weighted by Gasteiger charge is -2.22. The Bertz CT molecular complexity index is 548. The highest BCUT2D eigenvalue weighted by atomic mass is 32.1. The van der Waals surface area contributed by atoms with E-state index in [4.69, 9.17) is 21.7 Å². The molecule has 0 unspecified atom stereocenters. The number of ether oxygens (including phenoxy) is 2. The summed E-state index contributed by atoms with van der Waals surface area (Å²) in [6.07, 6.45) is 0. The molecule has 0 saturated heterocycles. The van der Waals surface area contributed by atoms with Crippen LogP contribution < -0.4 is 14.8 Å². The number of hydrogen-bond acceptors (Lipinski definition) is 4. The zero-order valence-electron chi connectivity index (χ0n) is 12.4. The first-order valence-electron chi connectivity index (χ1n) is 6.55. The minimum atomic E-state index is 0.00438. The number of thiocarbonyl (C=S) groups is 1. The van der Waals surface area contributed by atoms with Crippen molar-refractivity contribution in [1.82, 2.24) is 15.1 Å². The van der Waals surface area contributed by atoms with Gasteiger partial charge < -0.3 is 24.6 Å². The van der Waals surface area contributed by atoms with Gasteiger partial charge in [-0.3, -0.25) is 4.79 Å². The van der Waals surface area contributed by atoms with Gasteiger partial charge in [0.2, 0.25) is 12.7 Å². The Morgan fingerprint density at radius 1 is 1.29 bits per heavy atom. The Kier molecular flexibility index (Phi) is 4.85. The fraction of sp³-hybridized carbons (Fsp3) is 0.429. The van der Waals surface area contributed by atoms with Crippen molar-refractivity contribution in [1.29, 1.82) is 0 Å². The molecule has 6 nitrogen and oxygen atoms in total. The molecular weight excluding hydrogens is 290 g/mol. The van der Waals surface area contributed by atoms with Crippen LogP contribution in [-0.4, -0.2) is 55.3 Å². The largest absolute Gasteiger partial charge is 0.454 e. The lowest BCUT2D eigenvalue weighted by molar-refractivity contribution is -0.128. The molecule has 7 heteroatoms. The van der Waals surface area contributed by atoms with Gasteiger partial charge in [-0.2, -0.15) is 0 Å². The zero-order valence-corrected chi connectivity index (χ0v) is 13.2. The van der Waals surface area contributed by atoms with Crippen molar-refractivity contribution in [3.63, 3.8) is 0 Å². The summed E-state index contributed by atoms with van der Waals surface area (Å²) in [7, 11) is 5.23. The number of hydrogen-bond donors (Lipinski definition) is 1. The number of carbonyl (C=O) groups is 1. The van der Waals surface area contributed by atoms with Crippen LogP contribution in [0.25, 0.3) is 0 Å². The summed E-state index contributed by atoms with van der Waals surface area (Å²) in [5.74, 6) is 1.51. The van der Waals surface area contributed by atoms with Crippen molar-refractivity contribution >= 4 is 23.2 Å². The van der Waals surface area contributed by atoms with Gasteiger partial charge in [0.05, 0.1) is 6.54 Å². The van der Waals surface area contributed by atoms with Crippen LogP contribution in [0, 0.1) is 0 Å². The van der Waals surface area contributed by atoms with Crippen molar-refractivity contribution < 1.29 is 14.3 Å². The summed E-state index contributed by atoms with van der Waals surface area (Å²) in [6, 6.07) is 5.75. The zero-order chi connectivity index (χ0) is 15.4. The van der Waals surface area contributed by atoms with Crippen molar-refractivity contribution in [3.05, 3.63) is 23.8 Å². The monoisotopic (exact) mass is 309 g/mol. The number of benzene rings is 1. The first-order valence-corrected chi connectivity index (χ1v) is 6.96. The summed E-state index contributed by atoms with van der Waals surface area (Å²) in [4.78, 5) is 14.9. The van der Waals surface area contributed by atoms with E-state index in [0.29, 0.717) is 11.7 Å². The highest BCUT2D eigenvalue weighted by Crippen LogP contribution is 2.32. The summed E-state index contributed by atoms with van der Waals surface area (Å²) >= 11 is 5.27. The third kappa shape index (κ3) is 3.98. The molecule has 0 fully saturated rings. The molecule has 0 aromatic heterocycles. The Morgan fingerprint density at radius 2 is 2.00 bits per heavy atom. The van der Waals surface area contributed by atoms with E-state index in [-0.39, 0.29) is 19.2 Å². The lowest BCUT2D eigenvalue weighted by Crippen LogP contribution is -2.42. The average Bonchev–Trinajstić information content (AvgIpc) is 2.91. The summed E-state index contributed by atoms with van der Waals surface area (Å²) in [6.45, 7) is 1.08. The molecule has 1 aliphatic heterocycles. The van der Waals surface area contributed by atoms with E-state index in [1.165, 1.54) is 4.90 Å². The van der Waals surface area contributed by atoms with Crippen LogP contribution >= 0.6 is 12.2 Å². The summed E-state index contributed by atoms with van der Waals surface area (Å²) in [5.41, 5.74) is 1.04. The van der Waals surface area contributed by atoms with E-state index in [1.54, 1.807) is 26.0 Å². The van der Waals surface area contributed by atoms with E-state index in [1.807, 2.05) is 18.2 Å². The second-order valence-corrected chi connectivity index (χ2v) is 5.38. The maximum atomic E-state index is 11.6. The molecule has 0 bridgehead atoms. The smallest absolute Gasteiger partial charge is 0.241 e. The number of rotatable bonds is 4. The van der Waals surface area contributed by atoms with Gasteiger partial charge in [0.15, 0.2) is 16.6 Å². The Hall–Kier alpha value is -2.02. The molecule has 1 aromatic carbocycles. The van der Waals surface area contributed by atoms with Crippen molar-refractivity contribution in [3.8, 4) is 11.5 Å². The minimum Gasteiger partial charge on any atom is -0.454 e. The molecule has 114 valence electrons. The van der Waals surface area contributed by atoms with Gasteiger partial charge in [0.1, 0.15) is 0 Å². The number of nitrogens with one attached hydrogen (secondary N) is 1. The first-order chi connectivity index (χ1) is 9.97. The standard InChI is InChI=1S/C14H19N3O3S/c1-16(2)13(18)8-17(3)14(21)15-7-10-4-5-11-12(6-10)20-9-19-11/h4-6H,7-9H2,1-3H3,(H,15,21). The fourth-order valence-corrected chi connectivity index (χ4v) is 1.92. The maximum absolute atomic E-state index is 11.6. The van der Waals surface area contributed by atoms with E-state index in [9.17, 15) is 4.79 Å². The quantitative estimate of drug-likeness (QED) is 0.831. The SMILES string of the molecule is CN(C)C(=O)CN(C)C(=S)NCc1ccc2c(c1)OCO2. The summed E-state index contributed by atoms with van der Waals surface area (Å²) < 4.78 is 10.6. The highest BCUT2D eigenvalue weighted by molar-refractivity contribution is 7.80. The van der Waals surface area contributed by atoms with Gasteiger partial charge in [-0.25, -0.2) is 0 Å². The van der Waals surface area contributed by atoms with Crippen LogP contribution in [0.3, 0.4) is 0 Å². The number of nitrogens with zero attached hydrogens (tertiary/aromatic N) is 2. The molecular formula is C14H19N3O3S. The minimum absolute atomic E-state index is 0.00438. The van der Waals surface area contributed by atoms with Crippen LogP contribution in [0.4, 0.5) is 0 Å². The topological polar surface area (TPSA) is 54.0 Å². The third-order valence-corrected chi connectivity index (χ3v) is 3.55. The predicted molar refractivity (Wildman–Crippen MR) is 83.3 cm³/mol. The predicted octanol–water partition coefficient (Wildman–Crippen LogP) is 0.810. The molecule has 21 heavy (non-hydrogen) atoms. The third-order valence-electron chi connectivity index (χ3n) is 3.10. The number of fused-ring (bicyclic) bond motifs is 1. The second-order valence-electron chi connectivity index (χ2n) is 4.99. The van der Waals surface area contributed by atoms with Gasteiger partial charge >= 0.3 is 0 Å². The molecule has 1 heterocycles. The van der Waals surface area contributed by atoms with Gasteiger partial charge in [-0.15, -0.1) is 0 Å². The summed E-state index contributed by atoms with van der Waals surface area (Å²) in [5, 5.41) is 3.65. The fourth-order valence-electron chi connectivity index (χ4n) is 1.78. The van der Waals surface area contributed by atoms with Gasteiger partial charge in [0.25, 0.3) is 0 Å². The molecule has 1 aromatic rings. The molecule has 0 atom stereocenters. The second kappa shape index (κ2) is 6.62.